The zero-order valence-corrected chi connectivity index (χ0v) is 11.5. The summed E-state index contributed by atoms with van der Waals surface area (Å²) in [7, 11) is 0. The van der Waals surface area contributed by atoms with Crippen LogP contribution in [-0.4, -0.2) is 11.9 Å². The Morgan fingerprint density at radius 1 is 1.38 bits per heavy atom. The number of rotatable bonds is 2. The van der Waals surface area contributed by atoms with Crippen molar-refractivity contribution >= 4 is 40.1 Å². The van der Waals surface area contributed by atoms with Crippen LogP contribution in [0.1, 0.15) is 23.2 Å². The number of carbonyl (C=O) groups excluding carboxylic acids is 1. The first-order chi connectivity index (χ1) is 7.66. The minimum absolute atomic E-state index is 0.0411. The molecule has 1 aromatic rings. The predicted octanol–water partition coefficient (Wildman–Crippen LogP) is 3.39. The van der Waals surface area contributed by atoms with Crippen LogP contribution in [0.25, 0.3) is 0 Å². The van der Waals surface area contributed by atoms with Crippen molar-refractivity contribution in [3.05, 3.63) is 44.5 Å². The van der Waals surface area contributed by atoms with Crippen molar-refractivity contribution in [2.24, 2.45) is 0 Å². The van der Waals surface area contributed by atoms with Crippen LogP contribution in [0.5, 0.6) is 0 Å². The molecule has 0 unspecified atom stereocenters. The van der Waals surface area contributed by atoms with E-state index in [0.29, 0.717) is 10.6 Å². The number of carbonyl (C=O) groups is 1. The van der Waals surface area contributed by atoms with Crippen molar-refractivity contribution in [1.82, 2.24) is 5.32 Å². The van der Waals surface area contributed by atoms with E-state index in [9.17, 15) is 4.79 Å². The highest BCUT2D eigenvalue weighted by atomic mass is 127. The SMILES string of the molecule is O=C(NC1CC=CC1)c1cc(Cl)ccc1I. The lowest BCUT2D eigenvalue weighted by molar-refractivity contribution is 0.0938. The first kappa shape index (κ1) is 11.9. The van der Waals surface area contributed by atoms with Gasteiger partial charge in [0.2, 0.25) is 0 Å². The third kappa shape index (κ3) is 2.77. The van der Waals surface area contributed by atoms with Gasteiger partial charge in [-0.15, -0.1) is 0 Å². The second-order valence-electron chi connectivity index (χ2n) is 3.74. The topological polar surface area (TPSA) is 29.1 Å². The predicted molar refractivity (Wildman–Crippen MR) is 73.8 cm³/mol. The van der Waals surface area contributed by atoms with Crippen molar-refractivity contribution in [2.75, 3.05) is 0 Å². The van der Waals surface area contributed by atoms with E-state index in [2.05, 4.69) is 40.1 Å². The Hall–Kier alpha value is -0.550. The van der Waals surface area contributed by atoms with Gasteiger partial charge in [-0.3, -0.25) is 4.79 Å². The van der Waals surface area contributed by atoms with E-state index in [1.807, 2.05) is 6.07 Å². The van der Waals surface area contributed by atoms with Crippen LogP contribution < -0.4 is 5.32 Å². The summed E-state index contributed by atoms with van der Waals surface area (Å²) in [6, 6.07) is 5.59. The number of hydrogen-bond donors (Lipinski definition) is 1. The summed E-state index contributed by atoms with van der Waals surface area (Å²) < 4.78 is 0.922. The van der Waals surface area contributed by atoms with Gasteiger partial charge in [-0.25, -0.2) is 0 Å². The van der Waals surface area contributed by atoms with Gasteiger partial charge in [0.05, 0.1) is 5.56 Å². The van der Waals surface area contributed by atoms with Gasteiger partial charge in [0.1, 0.15) is 0 Å². The molecule has 0 saturated heterocycles. The molecule has 1 aromatic carbocycles. The number of benzene rings is 1. The molecule has 84 valence electrons. The molecule has 0 atom stereocenters. The molecule has 0 fully saturated rings. The maximum absolute atomic E-state index is 12.0. The third-order valence-corrected chi connectivity index (χ3v) is 3.69. The van der Waals surface area contributed by atoms with Crippen LogP contribution in [0.15, 0.2) is 30.4 Å². The van der Waals surface area contributed by atoms with E-state index in [1.54, 1.807) is 12.1 Å². The highest BCUT2D eigenvalue weighted by molar-refractivity contribution is 14.1. The summed E-state index contributed by atoms with van der Waals surface area (Å²) >= 11 is 8.03. The van der Waals surface area contributed by atoms with Crippen molar-refractivity contribution in [2.45, 2.75) is 18.9 Å². The molecule has 2 nitrogen and oxygen atoms in total. The summed E-state index contributed by atoms with van der Waals surface area (Å²) in [5.74, 6) is -0.0411. The van der Waals surface area contributed by atoms with Crippen LogP contribution in [0.4, 0.5) is 0 Å². The van der Waals surface area contributed by atoms with E-state index in [1.165, 1.54) is 0 Å². The Morgan fingerprint density at radius 2 is 2.06 bits per heavy atom. The third-order valence-electron chi connectivity index (χ3n) is 2.52. The summed E-state index contributed by atoms with van der Waals surface area (Å²) in [5.41, 5.74) is 0.653. The second kappa shape index (κ2) is 5.19. The number of nitrogens with one attached hydrogen (secondary N) is 1. The molecule has 4 heteroatoms. The zero-order valence-electron chi connectivity index (χ0n) is 8.54. The lowest BCUT2D eigenvalue weighted by Gasteiger charge is -2.13. The van der Waals surface area contributed by atoms with Gasteiger partial charge in [-0.05, 0) is 53.6 Å². The molecule has 0 aliphatic heterocycles. The number of halogens is 2. The summed E-state index contributed by atoms with van der Waals surface area (Å²) in [4.78, 5) is 12.0. The molecule has 0 radical (unpaired) electrons. The largest absolute Gasteiger partial charge is 0.349 e. The van der Waals surface area contributed by atoms with E-state index in [4.69, 9.17) is 11.6 Å². The molecular formula is C12H11ClINO. The smallest absolute Gasteiger partial charge is 0.252 e. The fourth-order valence-electron chi connectivity index (χ4n) is 1.67. The molecule has 1 amide bonds. The summed E-state index contributed by atoms with van der Waals surface area (Å²) in [6.07, 6.45) is 6.02. The van der Waals surface area contributed by atoms with E-state index in [0.717, 1.165) is 16.4 Å². The fraction of sp³-hybridized carbons (Fsp3) is 0.250. The molecular weight excluding hydrogens is 336 g/mol. The van der Waals surface area contributed by atoms with Crippen LogP contribution >= 0.6 is 34.2 Å². The quantitative estimate of drug-likeness (QED) is 0.645. The van der Waals surface area contributed by atoms with Crippen LogP contribution in [0, 0.1) is 3.57 Å². The van der Waals surface area contributed by atoms with Gasteiger partial charge in [0, 0.05) is 14.6 Å². The van der Waals surface area contributed by atoms with E-state index >= 15 is 0 Å². The lowest BCUT2D eigenvalue weighted by atomic mass is 10.2. The molecule has 1 aliphatic rings. The molecule has 0 bridgehead atoms. The van der Waals surface area contributed by atoms with Gasteiger partial charge in [-0.2, -0.15) is 0 Å². The Kier molecular flexibility index (Phi) is 3.86. The molecule has 0 heterocycles. The molecule has 0 aromatic heterocycles. The lowest BCUT2D eigenvalue weighted by Crippen LogP contribution is -2.33. The Morgan fingerprint density at radius 3 is 2.75 bits per heavy atom. The Labute approximate surface area is 113 Å². The minimum atomic E-state index is -0.0411. The number of hydrogen-bond acceptors (Lipinski definition) is 1. The molecule has 1 N–H and O–H groups in total. The average Bonchev–Trinajstić information content (AvgIpc) is 2.74. The van der Waals surface area contributed by atoms with E-state index < -0.39 is 0 Å². The van der Waals surface area contributed by atoms with Crippen LogP contribution in [0.2, 0.25) is 5.02 Å². The molecule has 16 heavy (non-hydrogen) atoms. The van der Waals surface area contributed by atoms with Gasteiger partial charge in [0.15, 0.2) is 0 Å². The Balaban J connectivity index is 2.10. The summed E-state index contributed by atoms with van der Waals surface area (Å²) in [6.45, 7) is 0. The van der Waals surface area contributed by atoms with E-state index in [-0.39, 0.29) is 11.9 Å². The fourth-order valence-corrected chi connectivity index (χ4v) is 2.42. The summed E-state index contributed by atoms with van der Waals surface area (Å²) in [5, 5.41) is 3.59. The van der Waals surface area contributed by atoms with Crippen molar-refractivity contribution in [3.63, 3.8) is 0 Å². The first-order valence-electron chi connectivity index (χ1n) is 5.08. The normalized spacial score (nSPS) is 15.4. The maximum Gasteiger partial charge on any atom is 0.252 e. The van der Waals surface area contributed by atoms with Gasteiger partial charge in [0.25, 0.3) is 5.91 Å². The van der Waals surface area contributed by atoms with Crippen LogP contribution in [0.3, 0.4) is 0 Å². The molecule has 2 rings (SSSR count). The standard InChI is InChI=1S/C12H11ClINO/c13-8-5-6-11(14)10(7-8)12(16)15-9-3-1-2-4-9/h1-2,5-7,9H,3-4H2,(H,15,16). The van der Waals surface area contributed by atoms with Crippen LogP contribution in [-0.2, 0) is 0 Å². The molecule has 0 saturated carbocycles. The highest BCUT2D eigenvalue weighted by Gasteiger charge is 2.16. The first-order valence-corrected chi connectivity index (χ1v) is 6.53. The second-order valence-corrected chi connectivity index (χ2v) is 5.34. The maximum atomic E-state index is 12.0. The highest BCUT2D eigenvalue weighted by Crippen LogP contribution is 2.19. The van der Waals surface area contributed by atoms with Crippen molar-refractivity contribution < 1.29 is 4.79 Å². The van der Waals surface area contributed by atoms with Crippen molar-refractivity contribution in [1.29, 1.82) is 0 Å². The molecule has 1 aliphatic carbocycles. The zero-order chi connectivity index (χ0) is 11.5. The van der Waals surface area contributed by atoms with Crippen molar-refractivity contribution in [3.8, 4) is 0 Å². The van der Waals surface area contributed by atoms with Gasteiger partial charge in [-0.1, -0.05) is 23.8 Å². The van der Waals surface area contributed by atoms with Gasteiger partial charge < -0.3 is 5.32 Å². The molecule has 0 spiro atoms. The Bertz CT molecular complexity index is 437. The number of amides is 1. The minimum Gasteiger partial charge on any atom is -0.349 e. The monoisotopic (exact) mass is 347 g/mol. The van der Waals surface area contributed by atoms with Gasteiger partial charge >= 0.3 is 0 Å². The average molecular weight is 348 g/mol.